The topological polar surface area (TPSA) is 71.1 Å². The Bertz CT molecular complexity index is 299. The summed E-state index contributed by atoms with van der Waals surface area (Å²) < 4.78 is 22.1. The fourth-order valence-corrected chi connectivity index (χ4v) is 7.94. The van der Waals surface area contributed by atoms with Crippen molar-refractivity contribution in [2.24, 2.45) is 0 Å². The SMILES string of the molecule is CCC[O][Zr]([O]CCC)([O]CCC)[C](=O)CC(=O)COCC. The van der Waals surface area contributed by atoms with Gasteiger partial charge < -0.3 is 0 Å². The molecule has 0 rings (SSSR count). The van der Waals surface area contributed by atoms with Crippen molar-refractivity contribution in [1.29, 1.82) is 0 Å². The number of rotatable bonds is 15. The predicted octanol–water partition coefficient (Wildman–Crippen LogP) is 2.69. The van der Waals surface area contributed by atoms with Gasteiger partial charge in [0.15, 0.2) is 0 Å². The van der Waals surface area contributed by atoms with Crippen molar-refractivity contribution in [3.63, 3.8) is 0 Å². The van der Waals surface area contributed by atoms with Crippen LogP contribution in [-0.4, -0.2) is 42.3 Å². The average Bonchev–Trinajstić information content (AvgIpc) is 2.52. The summed E-state index contributed by atoms with van der Waals surface area (Å²) >= 11 is -4.35. The molecule has 0 atom stereocenters. The number of hydrogen-bond donors (Lipinski definition) is 0. The molecule has 0 heterocycles. The standard InChI is InChI=1S/C6H9O3.3C3H7O.Zr/c1-2-9-5-6(8)3-4-7;3*1-2-3-4;/h2-3,5H2,1H3;3*2-3H2,1H3;/q;3*-1;+3. The predicted molar refractivity (Wildman–Crippen MR) is 79.9 cm³/mol. The molecule has 0 aliphatic heterocycles. The zero-order valence-corrected chi connectivity index (χ0v) is 16.8. The maximum absolute atomic E-state index is 12.6. The Hall–Kier alpha value is 0.0631. The summed E-state index contributed by atoms with van der Waals surface area (Å²) in [6, 6.07) is 0. The summed E-state index contributed by atoms with van der Waals surface area (Å²) in [5.41, 5.74) is 0. The van der Waals surface area contributed by atoms with Crippen LogP contribution in [-0.2, 0) is 44.4 Å². The second-order valence-electron chi connectivity index (χ2n) is 4.88. The Morgan fingerprint density at radius 3 is 1.64 bits per heavy atom. The van der Waals surface area contributed by atoms with Gasteiger partial charge in [0.2, 0.25) is 0 Å². The van der Waals surface area contributed by atoms with E-state index in [1.165, 1.54) is 0 Å². The molecule has 22 heavy (non-hydrogen) atoms. The quantitative estimate of drug-likeness (QED) is 0.396. The Balaban J connectivity index is 4.94. The Labute approximate surface area is 140 Å². The number of ether oxygens (including phenoxy) is 1. The van der Waals surface area contributed by atoms with Crippen molar-refractivity contribution in [2.45, 2.75) is 53.4 Å². The van der Waals surface area contributed by atoms with Crippen molar-refractivity contribution >= 4 is 9.27 Å². The molecule has 0 aromatic carbocycles. The van der Waals surface area contributed by atoms with Gasteiger partial charge in [-0.2, -0.15) is 0 Å². The molecule has 0 aromatic rings. The fraction of sp³-hybridized carbons (Fsp3) is 0.867. The Morgan fingerprint density at radius 1 is 0.818 bits per heavy atom. The maximum atomic E-state index is 12.6. The number of Topliss-reactive ketones (excluding diaryl/α,β-unsaturated/α-hetero) is 1. The third-order valence-electron chi connectivity index (χ3n) is 2.66. The summed E-state index contributed by atoms with van der Waals surface area (Å²) in [6.45, 7) is 9.30. The molecular formula is C15H30O6Zr. The van der Waals surface area contributed by atoms with Gasteiger partial charge in [-0.05, 0) is 0 Å². The molecule has 0 amide bonds. The van der Waals surface area contributed by atoms with E-state index in [1.807, 2.05) is 20.8 Å². The number of carbonyl (C=O) groups is 2. The minimum absolute atomic E-state index is 0.0560. The molecule has 0 saturated carbocycles. The molecule has 7 heteroatoms. The van der Waals surface area contributed by atoms with Crippen LogP contribution in [0.4, 0.5) is 0 Å². The molecule has 0 radical (unpaired) electrons. The average molecular weight is 398 g/mol. The van der Waals surface area contributed by atoms with E-state index in [2.05, 4.69) is 0 Å². The molecule has 0 aliphatic carbocycles. The molecule has 0 spiro atoms. The summed E-state index contributed by atoms with van der Waals surface area (Å²) in [4.78, 5) is 24.4. The van der Waals surface area contributed by atoms with Gasteiger partial charge in [0.05, 0.1) is 0 Å². The van der Waals surface area contributed by atoms with E-state index < -0.39 is 21.6 Å². The number of hydrogen-bond acceptors (Lipinski definition) is 6. The van der Waals surface area contributed by atoms with Gasteiger partial charge in [-0.25, -0.2) is 0 Å². The van der Waals surface area contributed by atoms with Gasteiger partial charge in [0, 0.05) is 0 Å². The molecule has 0 unspecified atom stereocenters. The van der Waals surface area contributed by atoms with E-state index in [4.69, 9.17) is 13.2 Å². The van der Waals surface area contributed by atoms with Crippen LogP contribution in [0, 0.1) is 0 Å². The van der Waals surface area contributed by atoms with Crippen molar-refractivity contribution in [2.75, 3.05) is 33.0 Å². The van der Waals surface area contributed by atoms with E-state index >= 15 is 0 Å². The minimum atomic E-state index is -4.35. The van der Waals surface area contributed by atoms with Gasteiger partial charge >= 0.3 is 140 Å². The van der Waals surface area contributed by atoms with Gasteiger partial charge in [-0.15, -0.1) is 0 Å². The molecule has 0 saturated heterocycles. The van der Waals surface area contributed by atoms with Gasteiger partial charge in [0.25, 0.3) is 0 Å². The van der Waals surface area contributed by atoms with Crippen LogP contribution in [0.3, 0.4) is 0 Å². The molecule has 0 aliphatic rings. The van der Waals surface area contributed by atoms with Crippen LogP contribution in [0.25, 0.3) is 0 Å². The third kappa shape index (κ3) is 8.63. The van der Waals surface area contributed by atoms with Crippen molar-refractivity contribution in [3.8, 4) is 0 Å². The second-order valence-corrected chi connectivity index (χ2v) is 11.1. The van der Waals surface area contributed by atoms with Gasteiger partial charge in [0.1, 0.15) is 0 Å². The van der Waals surface area contributed by atoms with Crippen LogP contribution in [0.1, 0.15) is 53.4 Å². The van der Waals surface area contributed by atoms with Crippen LogP contribution < -0.4 is 0 Å². The third-order valence-corrected chi connectivity index (χ3v) is 9.08. The van der Waals surface area contributed by atoms with Crippen LogP contribution in [0.15, 0.2) is 0 Å². The molecular weight excluding hydrogens is 367 g/mol. The van der Waals surface area contributed by atoms with Crippen LogP contribution >= 0.6 is 0 Å². The second kappa shape index (κ2) is 13.5. The first kappa shape index (κ1) is 22.1. The van der Waals surface area contributed by atoms with Crippen LogP contribution in [0.2, 0.25) is 0 Å². The molecule has 6 nitrogen and oxygen atoms in total. The molecule has 130 valence electrons. The fourth-order valence-electron chi connectivity index (χ4n) is 1.63. The molecule has 0 aromatic heterocycles. The zero-order valence-electron chi connectivity index (χ0n) is 14.3. The normalized spacial score (nSPS) is 11.6. The zero-order chi connectivity index (χ0) is 16.8. The van der Waals surface area contributed by atoms with E-state index in [-0.39, 0.29) is 22.3 Å². The summed E-state index contributed by atoms with van der Waals surface area (Å²) in [7, 11) is 0. The summed E-state index contributed by atoms with van der Waals surface area (Å²) in [6.07, 6.45) is 2.07. The molecule has 0 bridgehead atoms. The molecule has 0 N–H and O–H groups in total. The van der Waals surface area contributed by atoms with E-state index in [0.717, 1.165) is 19.3 Å². The Morgan fingerprint density at radius 2 is 1.27 bits per heavy atom. The summed E-state index contributed by atoms with van der Waals surface area (Å²) in [5.74, 6) is -0.256. The van der Waals surface area contributed by atoms with E-state index in [1.54, 1.807) is 6.92 Å². The van der Waals surface area contributed by atoms with Gasteiger partial charge in [-0.1, -0.05) is 0 Å². The molecule has 0 fully saturated rings. The van der Waals surface area contributed by atoms with E-state index in [0.29, 0.717) is 26.4 Å². The number of ketones is 1. The first-order chi connectivity index (χ1) is 10.6. The van der Waals surface area contributed by atoms with Crippen LogP contribution in [0.5, 0.6) is 0 Å². The first-order valence-electron chi connectivity index (χ1n) is 8.10. The van der Waals surface area contributed by atoms with Crippen molar-refractivity contribution < 1.29 is 44.4 Å². The van der Waals surface area contributed by atoms with Crippen molar-refractivity contribution in [3.05, 3.63) is 0 Å². The monoisotopic (exact) mass is 396 g/mol. The first-order valence-corrected chi connectivity index (χ1v) is 12.3. The van der Waals surface area contributed by atoms with E-state index in [9.17, 15) is 9.59 Å². The van der Waals surface area contributed by atoms with Crippen molar-refractivity contribution in [1.82, 2.24) is 0 Å². The summed E-state index contributed by atoms with van der Waals surface area (Å²) in [5, 5.41) is 0. The van der Waals surface area contributed by atoms with Gasteiger partial charge in [-0.3, -0.25) is 0 Å². The number of carbonyl (C=O) groups excluding carboxylic acids is 2. The Kier molecular flexibility index (Phi) is 13.5.